The fourth-order valence-electron chi connectivity index (χ4n) is 6.65. The maximum absolute atomic E-state index is 16.3. The number of aliphatic hydroxyl groups excluding tert-OH is 2. The minimum absolute atomic E-state index is 0.0216. The molecule has 0 aliphatic rings. The van der Waals surface area contributed by atoms with Gasteiger partial charge in [-0.1, -0.05) is 60.7 Å². The summed E-state index contributed by atoms with van der Waals surface area (Å²) in [6, 6.07) is 22.5. The largest absolute Gasteiger partial charge is 0.496 e. The van der Waals surface area contributed by atoms with Gasteiger partial charge in [-0.15, -0.1) is 0 Å². The number of nitrogens with one attached hydrogen (secondary N) is 2. The van der Waals surface area contributed by atoms with E-state index in [1.807, 2.05) is 50.2 Å². The quantitative estimate of drug-likeness (QED) is 0.0496. The molecule has 14 heteroatoms. The Kier molecular flexibility index (Phi) is 16.6. The number of pyridine rings is 1. The van der Waals surface area contributed by atoms with E-state index in [0.29, 0.717) is 44.9 Å². The molecule has 322 valence electrons. The molecule has 4 N–H and O–H groups in total. The van der Waals surface area contributed by atoms with Crippen LogP contribution in [0.3, 0.4) is 0 Å². The Labute approximate surface area is 359 Å². The van der Waals surface area contributed by atoms with E-state index < -0.39 is 48.9 Å². The van der Waals surface area contributed by atoms with E-state index in [9.17, 15) is 25.1 Å². The van der Waals surface area contributed by atoms with Gasteiger partial charge in [-0.3, -0.25) is 25.2 Å². The van der Waals surface area contributed by atoms with Crippen molar-refractivity contribution in [3.8, 4) is 28.7 Å². The van der Waals surface area contributed by atoms with Crippen molar-refractivity contribution >= 4 is 35.7 Å². The van der Waals surface area contributed by atoms with Crippen LogP contribution in [0.2, 0.25) is 0 Å². The fraction of sp³-hybridized carbons (Fsp3) is 0.250. The number of hydrogen-bond acceptors (Lipinski definition) is 12. The lowest BCUT2D eigenvalue weighted by atomic mass is 9.91. The Bertz CT molecular complexity index is 2500. The first-order valence-electron chi connectivity index (χ1n) is 19.5. The summed E-state index contributed by atoms with van der Waals surface area (Å²) in [5, 5.41) is 34.4. The first-order valence-corrected chi connectivity index (χ1v) is 19.5. The molecule has 5 rings (SSSR count). The molecule has 0 radical (unpaired) electrons. The molecule has 0 spiro atoms. The first kappa shape index (κ1) is 46.3. The fourth-order valence-corrected chi connectivity index (χ4v) is 6.65. The molecule has 0 amide bonds. The van der Waals surface area contributed by atoms with Crippen molar-refractivity contribution < 1.29 is 47.5 Å². The minimum atomic E-state index is -0.991. The molecule has 1 aromatic heterocycles. The first-order chi connectivity index (χ1) is 29.9. The molecule has 4 aromatic carbocycles. The number of carbonyl (C=O) groups is 2. The van der Waals surface area contributed by atoms with Crippen LogP contribution in [0.4, 0.5) is 8.78 Å². The third kappa shape index (κ3) is 11.5. The predicted molar refractivity (Wildman–Crippen MR) is 231 cm³/mol. The molecule has 2 atom stereocenters. The van der Waals surface area contributed by atoms with Crippen LogP contribution >= 0.6 is 0 Å². The maximum Gasteiger partial charge on any atom is 0.325 e. The van der Waals surface area contributed by atoms with E-state index in [4.69, 9.17) is 18.9 Å². The van der Waals surface area contributed by atoms with Crippen LogP contribution in [0.25, 0.3) is 34.9 Å². The number of halogens is 2. The topological polar surface area (TPSA) is 172 Å². The smallest absolute Gasteiger partial charge is 0.325 e. The molecule has 1 heterocycles. The van der Waals surface area contributed by atoms with Crippen LogP contribution in [0.1, 0.15) is 55.6 Å². The molecule has 0 saturated carbocycles. The molecular weight excluding hydrogens is 799 g/mol. The van der Waals surface area contributed by atoms with Gasteiger partial charge in [-0.2, -0.15) is 5.26 Å². The van der Waals surface area contributed by atoms with Crippen molar-refractivity contribution in [3.05, 3.63) is 147 Å². The highest BCUT2D eigenvalue weighted by atomic mass is 19.1. The third-order valence-electron chi connectivity index (χ3n) is 10.2. The number of ether oxygens (including phenoxy) is 4. The Hall–Kier alpha value is -6.76. The monoisotopic (exact) mass is 846 g/mol. The summed E-state index contributed by atoms with van der Waals surface area (Å²) in [6.07, 6.45) is 5.86. The second-order valence-electron chi connectivity index (χ2n) is 14.1. The maximum atomic E-state index is 16.3. The molecule has 62 heavy (non-hydrogen) atoms. The highest BCUT2D eigenvalue weighted by Crippen LogP contribution is 2.35. The Morgan fingerprint density at radius 1 is 0.742 bits per heavy atom. The molecule has 0 aliphatic heterocycles. The van der Waals surface area contributed by atoms with E-state index in [1.54, 1.807) is 54.7 Å². The van der Waals surface area contributed by atoms with Gasteiger partial charge in [0.1, 0.15) is 47.9 Å². The normalized spacial score (nSPS) is 12.6. The van der Waals surface area contributed by atoms with Gasteiger partial charge in [-0.05, 0) is 77.6 Å². The SMILES string of the molecule is COC(=O)[C@@H](CO)NCc1ccc(/C(F)=C/c2cccc(-c3cccc(/C=C(\F)c4ccc(CN[C@H](CO)C(=O)OC)c(OCc5cncc(C#N)c5)c4)c3C)c2C)cc1OC. The summed E-state index contributed by atoms with van der Waals surface area (Å²) in [5.41, 5.74) is 7.19. The van der Waals surface area contributed by atoms with E-state index >= 15 is 8.78 Å². The average Bonchev–Trinajstić information content (AvgIpc) is 3.30. The zero-order valence-electron chi connectivity index (χ0n) is 35.0. The number of nitriles is 1. The van der Waals surface area contributed by atoms with Crippen molar-refractivity contribution in [3.63, 3.8) is 0 Å². The summed E-state index contributed by atoms with van der Waals surface area (Å²) >= 11 is 0. The summed E-state index contributed by atoms with van der Waals surface area (Å²) in [6.45, 7) is 3.09. The highest BCUT2D eigenvalue weighted by Gasteiger charge is 2.20. The molecular formula is C48H48F2N4O8. The second-order valence-corrected chi connectivity index (χ2v) is 14.1. The number of carbonyl (C=O) groups excluding carboxylic acids is 2. The van der Waals surface area contributed by atoms with Gasteiger partial charge in [0, 0.05) is 53.3 Å². The minimum Gasteiger partial charge on any atom is -0.496 e. The van der Waals surface area contributed by atoms with E-state index in [-0.39, 0.29) is 30.8 Å². The van der Waals surface area contributed by atoms with E-state index in [2.05, 4.69) is 15.6 Å². The van der Waals surface area contributed by atoms with Crippen LogP contribution in [0.15, 0.2) is 91.3 Å². The summed E-state index contributed by atoms with van der Waals surface area (Å²) in [7, 11) is 3.91. The number of rotatable bonds is 19. The van der Waals surface area contributed by atoms with Crippen molar-refractivity contribution in [2.45, 2.75) is 45.6 Å². The summed E-state index contributed by atoms with van der Waals surface area (Å²) < 4.78 is 53.3. The lowest BCUT2D eigenvalue weighted by Crippen LogP contribution is -2.40. The van der Waals surface area contributed by atoms with Gasteiger partial charge in [0.15, 0.2) is 0 Å². The van der Waals surface area contributed by atoms with Gasteiger partial charge in [0.2, 0.25) is 0 Å². The lowest BCUT2D eigenvalue weighted by Gasteiger charge is -2.17. The van der Waals surface area contributed by atoms with Crippen molar-refractivity contribution in [1.29, 1.82) is 5.26 Å². The van der Waals surface area contributed by atoms with E-state index in [1.165, 1.54) is 39.7 Å². The van der Waals surface area contributed by atoms with Crippen LogP contribution in [0.5, 0.6) is 11.5 Å². The van der Waals surface area contributed by atoms with Gasteiger partial charge >= 0.3 is 11.9 Å². The van der Waals surface area contributed by atoms with Crippen LogP contribution in [-0.2, 0) is 38.8 Å². The molecule has 0 aliphatic carbocycles. The summed E-state index contributed by atoms with van der Waals surface area (Å²) in [5.74, 6) is -1.61. The third-order valence-corrected chi connectivity index (χ3v) is 10.2. The van der Waals surface area contributed by atoms with Crippen molar-refractivity contribution in [2.24, 2.45) is 0 Å². The van der Waals surface area contributed by atoms with Crippen LogP contribution in [-0.4, -0.2) is 73.8 Å². The number of aliphatic hydroxyl groups is 2. The highest BCUT2D eigenvalue weighted by molar-refractivity contribution is 5.85. The number of aromatic nitrogens is 1. The average molecular weight is 847 g/mol. The Morgan fingerprint density at radius 3 is 1.71 bits per heavy atom. The van der Waals surface area contributed by atoms with Crippen molar-refractivity contribution in [1.82, 2.24) is 15.6 Å². The van der Waals surface area contributed by atoms with E-state index in [0.717, 1.165) is 22.3 Å². The van der Waals surface area contributed by atoms with Gasteiger partial charge in [-0.25, -0.2) is 8.78 Å². The van der Waals surface area contributed by atoms with Gasteiger partial charge in [0.05, 0.1) is 40.1 Å². The molecule has 0 saturated heterocycles. The standard InChI is InChI=1S/C48H48F2N4O8/c1-29-33(17-41(49)35-12-14-37(45(19-35)59-3)24-53-43(26-55)47(57)60-4)8-6-10-39(29)40-11-7-9-34(30(40)2)18-42(50)36-13-15-38(25-54-44(27-56)48(58)61-5)46(20-36)62-28-32-16-31(21-51)22-52-23-32/h6-20,22-23,43-44,53-56H,24-28H2,1-5H3/b41-17-,42-18-/t43-,44-/m1/s1. The Morgan fingerprint density at radius 2 is 1.24 bits per heavy atom. The molecule has 0 bridgehead atoms. The zero-order chi connectivity index (χ0) is 44.8. The number of nitrogens with zero attached hydrogens (tertiary/aromatic N) is 2. The van der Waals surface area contributed by atoms with Crippen LogP contribution < -0.4 is 20.1 Å². The van der Waals surface area contributed by atoms with Crippen LogP contribution in [0, 0.1) is 25.2 Å². The van der Waals surface area contributed by atoms with Gasteiger partial charge in [0.25, 0.3) is 0 Å². The predicted octanol–water partition coefficient (Wildman–Crippen LogP) is 7.01. The number of hydrogen-bond donors (Lipinski definition) is 4. The molecule has 5 aromatic rings. The number of benzene rings is 4. The molecule has 12 nitrogen and oxygen atoms in total. The lowest BCUT2D eigenvalue weighted by molar-refractivity contribution is -0.145. The number of methoxy groups -OCH3 is 3. The van der Waals surface area contributed by atoms with Gasteiger partial charge < -0.3 is 29.2 Å². The molecule has 0 fully saturated rings. The zero-order valence-corrected chi connectivity index (χ0v) is 35.0. The Balaban J connectivity index is 1.41. The van der Waals surface area contributed by atoms with Crippen molar-refractivity contribution in [2.75, 3.05) is 34.5 Å². The second kappa shape index (κ2) is 22.2. The molecule has 0 unspecified atom stereocenters. The summed E-state index contributed by atoms with van der Waals surface area (Å²) in [4.78, 5) is 28.0. The number of esters is 2.